The average Bonchev–Trinajstić information content (AvgIpc) is 2.84. The van der Waals surface area contributed by atoms with Crippen molar-refractivity contribution in [3.05, 3.63) is 101 Å². The minimum Gasteiger partial charge on any atom is -0.448 e. The number of hydrogen-bond donors (Lipinski definition) is 1. The molecule has 1 aliphatic heterocycles. The van der Waals surface area contributed by atoms with Crippen molar-refractivity contribution >= 4 is 72.8 Å². The van der Waals surface area contributed by atoms with E-state index in [1.807, 2.05) is 0 Å². The zero-order valence-electron chi connectivity index (χ0n) is 18.2. The van der Waals surface area contributed by atoms with E-state index in [9.17, 15) is 34.6 Å². The van der Waals surface area contributed by atoms with Crippen molar-refractivity contribution in [3.8, 4) is 11.5 Å². The summed E-state index contributed by atoms with van der Waals surface area (Å²) in [6.45, 7) is 0. The minimum atomic E-state index is -0.880. The lowest BCUT2D eigenvalue weighted by atomic mass is 10.1. The van der Waals surface area contributed by atoms with Crippen molar-refractivity contribution in [1.82, 2.24) is 5.32 Å². The SMILES string of the molecule is O=C1NC(=O)N(c2ccccc2)C(=O)/C1=C/c1cc(Br)c(Oc2ccc([N+](=O)[O-])cc2[N+](=O)[O-])c(Br)c1. The van der Waals surface area contributed by atoms with Gasteiger partial charge in [0.25, 0.3) is 17.5 Å². The highest BCUT2D eigenvalue weighted by Gasteiger charge is 2.36. The molecule has 4 amide bonds. The van der Waals surface area contributed by atoms with Crippen molar-refractivity contribution in [1.29, 1.82) is 0 Å². The van der Waals surface area contributed by atoms with Gasteiger partial charge in [-0.05, 0) is 73.8 Å². The molecule has 3 aromatic carbocycles. The molecule has 0 unspecified atom stereocenters. The molecule has 1 heterocycles. The number of rotatable bonds is 6. The third kappa shape index (κ3) is 5.24. The first-order chi connectivity index (χ1) is 17.6. The second-order valence-electron chi connectivity index (χ2n) is 7.38. The predicted molar refractivity (Wildman–Crippen MR) is 137 cm³/mol. The lowest BCUT2D eigenvalue weighted by Gasteiger charge is -2.26. The first kappa shape index (κ1) is 25.7. The summed E-state index contributed by atoms with van der Waals surface area (Å²) in [5.41, 5.74) is -0.766. The number of benzene rings is 3. The first-order valence-corrected chi connectivity index (χ1v) is 11.7. The number of halogens is 2. The molecule has 1 aliphatic rings. The largest absolute Gasteiger partial charge is 0.448 e. The maximum absolute atomic E-state index is 13.0. The molecule has 186 valence electrons. The number of nitrogens with one attached hydrogen (secondary N) is 1. The van der Waals surface area contributed by atoms with Gasteiger partial charge in [0, 0.05) is 6.07 Å². The molecule has 0 bridgehead atoms. The highest BCUT2D eigenvalue weighted by atomic mass is 79.9. The van der Waals surface area contributed by atoms with Crippen molar-refractivity contribution in [2.75, 3.05) is 4.90 Å². The number of anilines is 1. The number of nitro groups is 2. The molecular formula is C23H12Br2N4O8. The fourth-order valence-electron chi connectivity index (χ4n) is 3.35. The Bertz CT molecular complexity index is 1500. The second-order valence-corrected chi connectivity index (χ2v) is 9.08. The Morgan fingerprint density at radius 1 is 0.892 bits per heavy atom. The van der Waals surface area contributed by atoms with Crippen LogP contribution in [0.15, 0.2) is 75.2 Å². The Morgan fingerprint density at radius 3 is 2.14 bits per heavy atom. The van der Waals surface area contributed by atoms with Crippen molar-refractivity contribution in [2.45, 2.75) is 0 Å². The number of non-ortho nitro benzene ring substituents is 1. The van der Waals surface area contributed by atoms with Gasteiger partial charge < -0.3 is 4.74 Å². The summed E-state index contributed by atoms with van der Waals surface area (Å²) >= 11 is 6.59. The number of nitro benzene ring substituents is 2. The molecule has 1 fully saturated rings. The van der Waals surface area contributed by atoms with E-state index in [4.69, 9.17) is 4.74 Å². The summed E-state index contributed by atoms with van der Waals surface area (Å²) in [5.74, 6) is -1.85. The number of ether oxygens (including phenoxy) is 1. The Kier molecular flexibility index (Phi) is 7.13. The number of imide groups is 2. The van der Waals surface area contributed by atoms with Crippen LogP contribution in [-0.4, -0.2) is 27.7 Å². The molecule has 0 aliphatic carbocycles. The smallest absolute Gasteiger partial charge is 0.335 e. The number of amides is 4. The molecule has 12 nitrogen and oxygen atoms in total. The van der Waals surface area contributed by atoms with Crippen LogP contribution in [0, 0.1) is 20.2 Å². The van der Waals surface area contributed by atoms with Crippen molar-refractivity contribution < 1.29 is 29.0 Å². The first-order valence-electron chi connectivity index (χ1n) is 10.1. The zero-order chi connectivity index (χ0) is 26.9. The fourth-order valence-corrected chi connectivity index (χ4v) is 4.74. The van der Waals surface area contributed by atoms with Gasteiger partial charge in [0.05, 0.1) is 30.5 Å². The molecule has 1 N–H and O–H groups in total. The van der Waals surface area contributed by atoms with Crippen LogP contribution in [0.25, 0.3) is 6.08 Å². The van der Waals surface area contributed by atoms with E-state index in [0.717, 1.165) is 23.1 Å². The summed E-state index contributed by atoms with van der Waals surface area (Å²) < 4.78 is 6.22. The number of carbonyl (C=O) groups is 3. The van der Waals surface area contributed by atoms with Crippen LogP contribution in [0.5, 0.6) is 11.5 Å². The Hall–Kier alpha value is -4.43. The van der Waals surface area contributed by atoms with E-state index in [0.29, 0.717) is 5.56 Å². The number of urea groups is 1. The quantitative estimate of drug-likeness (QED) is 0.162. The lowest BCUT2D eigenvalue weighted by Crippen LogP contribution is -2.54. The van der Waals surface area contributed by atoms with Crippen molar-refractivity contribution in [3.63, 3.8) is 0 Å². The van der Waals surface area contributed by atoms with Gasteiger partial charge in [-0.25, -0.2) is 9.69 Å². The predicted octanol–water partition coefficient (Wildman–Crippen LogP) is 5.49. The standard InChI is InChI=1S/C23H12Br2N4O8/c24-16-9-12(8-15-21(30)26-23(32)27(22(15)31)13-4-2-1-3-5-13)10-17(25)20(16)37-19-7-6-14(28(33)34)11-18(19)29(35)36/h1-11H,(H,26,30,32)/b15-8+. The molecule has 4 rings (SSSR count). The summed E-state index contributed by atoms with van der Waals surface area (Å²) in [7, 11) is 0. The Labute approximate surface area is 224 Å². The summed E-state index contributed by atoms with van der Waals surface area (Å²) in [6, 6.07) is 13.1. The van der Waals surface area contributed by atoms with Crippen LogP contribution in [0.4, 0.5) is 21.9 Å². The minimum absolute atomic E-state index is 0.0969. The van der Waals surface area contributed by atoms with Gasteiger partial charge in [-0.1, -0.05) is 18.2 Å². The Morgan fingerprint density at radius 2 is 1.54 bits per heavy atom. The molecule has 0 spiro atoms. The van der Waals surface area contributed by atoms with Gasteiger partial charge in [-0.3, -0.25) is 35.1 Å². The number of barbiturate groups is 1. The van der Waals surface area contributed by atoms with Gasteiger partial charge in [-0.15, -0.1) is 0 Å². The average molecular weight is 632 g/mol. The molecule has 0 saturated carbocycles. The number of hydrogen-bond acceptors (Lipinski definition) is 8. The van der Waals surface area contributed by atoms with Gasteiger partial charge in [-0.2, -0.15) is 0 Å². The summed E-state index contributed by atoms with van der Waals surface area (Å²) in [5, 5.41) is 24.5. The molecule has 0 aromatic heterocycles. The van der Waals surface area contributed by atoms with Crippen molar-refractivity contribution in [2.24, 2.45) is 0 Å². The second kappa shape index (κ2) is 10.3. The molecule has 0 radical (unpaired) electrons. The highest BCUT2D eigenvalue weighted by molar-refractivity contribution is 9.11. The fraction of sp³-hybridized carbons (Fsp3) is 0. The molecule has 3 aromatic rings. The van der Waals surface area contributed by atoms with Crippen LogP contribution in [0.1, 0.15) is 5.56 Å². The van der Waals surface area contributed by atoms with Crippen LogP contribution in [0.2, 0.25) is 0 Å². The maximum Gasteiger partial charge on any atom is 0.335 e. The molecule has 0 atom stereocenters. The summed E-state index contributed by atoms with van der Waals surface area (Å²) in [6.07, 6.45) is 1.27. The van der Waals surface area contributed by atoms with Crippen LogP contribution >= 0.6 is 31.9 Å². The van der Waals surface area contributed by atoms with E-state index in [1.165, 1.54) is 18.2 Å². The third-order valence-electron chi connectivity index (χ3n) is 5.01. The van der Waals surface area contributed by atoms with E-state index < -0.39 is 39.1 Å². The van der Waals surface area contributed by atoms with Gasteiger partial charge in [0.2, 0.25) is 5.75 Å². The van der Waals surface area contributed by atoms with Gasteiger partial charge in [0.15, 0.2) is 5.75 Å². The normalized spacial score (nSPS) is 14.5. The van der Waals surface area contributed by atoms with Crippen LogP contribution < -0.4 is 15.0 Å². The molecule has 1 saturated heterocycles. The van der Waals surface area contributed by atoms with E-state index >= 15 is 0 Å². The van der Waals surface area contributed by atoms with E-state index in [1.54, 1.807) is 30.3 Å². The van der Waals surface area contributed by atoms with E-state index in [2.05, 4.69) is 37.2 Å². The molecular weight excluding hydrogens is 620 g/mol. The summed E-state index contributed by atoms with van der Waals surface area (Å²) in [4.78, 5) is 59.4. The molecule has 14 heteroatoms. The van der Waals surface area contributed by atoms with Gasteiger partial charge in [0.1, 0.15) is 5.57 Å². The molecule has 37 heavy (non-hydrogen) atoms. The maximum atomic E-state index is 13.0. The topological polar surface area (TPSA) is 162 Å². The van der Waals surface area contributed by atoms with Crippen LogP contribution in [-0.2, 0) is 9.59 Å². The lowest BCUT2D eigenvalue weighted by molar-refractivity contribution is -0.394. The highest BCUT2D eigenvalue weighted by Crippen LogP contribution is 2.42. The number of nitrogens with zero attached hydrogens (tertiary/aromatic N) is 3. The van der Waals surface area contributed by atoms with Gasteiger partial charge >= 0.3 is 11.7 Å². The number of para-hydroxylation sites is 1. The Balaban J connectivity index is 1.68. The monoisotopic (exact) mass is 630 g/mol. The van der Waals surface area contributed by atoms with E-state index in [-0.39, 0.29) is 31.7 Å². The third-order valence-corrected chi connectivity index (χ3v) is 6.19. The zero-order valence-corrected chi connectivity index (χ0v) is 21.4. The number of carbonyl (C=O) groups excluding carboxylic acids is 3. The van der Waals surface area contributed by atoms with Crippen LogP contribution in [0.3, 0.4) is 0 Å².